The zero-order chi connectivity index (χ0) is 13.3. The van der Waals surface area contributed by atoms with Crippen molar-refractivity contribution < 1.29 is 10.2 Å². The number of likely N-dealkylation sites (N-methyl/N-ethyl adjacent to an activating group) is 1. The van der Waals surface area contributed by atoms with Crippen LogP contribution < -0.4 is 4.90 Å². The van der Waals surface area contributed by atoms with Crippen molar-refractivity contribution in [3.8, 4) is 0 Å². The number of rotatable bonds is 4. The average Bonchev–Trinajstić information content (AvgIpc) is 2.81. The van der Waals surface area contributed by atoms with E-state index in [1.54, 1.807) is 0 Å². The van der Waals surface area contributed by atoms with E-state index in [0.717, 1.165) is 18.1 Å². The summed E-state index contributed by atoms with van der Waals surface area (Å²) >= 11 is 7.35. The molecule has 1 fully saturated rings. The van der Waals surface area contributed by atoms with Gasteiger partial charge >= 0.3 is 0 Å². The van der Waals surface area contributed by atoms with Gasteiger partial charge in [0.25, 0.3) is 0 Å². The molecule has 0 aliphatic carbocycles. The van der Waals surface area contributed by atoms with Gasteiger partial charge in [-0.3, -0.25) is 0 Å². The number of aromatic nitrogens is 1. The van der Waals surface area contributed by atoms with Crippen molar-refractivity contribution in [1.29, 1.82) is 0 Å². The van der Waals surface area contributed by atoms with E-state index < -0.39 is 0 Å². The first kappa shape index (κ1) is 14.0. The summed E-state index contributed by atoms with van der Waals surface area (Å²) in [4.78, 5) is 9.13. The summed E-state index contributed by atoms with van der Waals surface area (Å²) < 4.78 is 0. The smallest absolute Gasteiger partial charge is 0.187 e. The molecule has 2 rings (SSSR count). The fraction of sp³-hybridized carbons (Fsp3) is 0.727. The van der Waals surface area contributed by atoms with Gasteiger partial charge in [-0.15, -0.1) is 0 Å². The Morgan fingerprint density at radius 1 is 1.56 bits per heavy atom. The van der Waals surface area contributed by atoms with Crippen LogP contribution in [0.4, 0.5) is 5.13 Å². The summed E-state index contributed by atoms with van der Waals surface area (Å²) in [5.74, 6) is 0. The molecule has 5 nitrogen and oxygen atoms in total. The highest BCUT2D eigenvalue weighted by atomic mass is 35.5. The molecule has 1 saturated heterocycles. The predicted octanol–water partition coefficient (Wildman–Crippen LogP) is 0.790. The van der Waals surface area contributed by atoms with Crippen LogP contribution in [0.25, 0.3) is 0 Å². The standard InChI is InChI=1S/C11H18ClN3O2S/c1-14(2)4-7-3-8(17)5-15(7)11-13-10(12)9(6-16)18-11/h7-8,16-17H,3-6H2,1-2H3. The maximum absolute atomic E-state index is 9.81. The molecular formula is C11H18ClN3O2S. The molecule has 1 aromatic heterocycles. The summed E-state index contributed by atoms with van der Waals surface area (Å²) in [6, 6.07) is 0.240. The van der Waals surface area contributed by atoms with Gasteiger partial charge in [0.2, 0.25) is 0 Å². The molecule has 1 aliphatic rings. The molecule has 0 spiro atoms. The first-order chi connectivity index (χ1) is 8.51. The van der Waals surface area contributed by atoms with Crippen LogP contribution in [0, 0.1) is 0 Å². The molecule has 0 aromatic carbocycles. The van der Waals surface area contributed by atoms with Crippen molar-refractivity contribution in [3.05, 3.63) is 10.0 Å². The van der Waals surface area contributed by atoms with E-state index in [1.165, 1.54) is 11.3 Å². The van der Waals surface area contributed by atoms with Crippen LogP contribution in [-0.2, 0) is 6.61 Å². The third-order valence-electron chi connectivity index (χ3n) is 3.00. The zero-order valence-corrected chi connectivity index (χ0v) is 12.1. The summed E-state index contributed by atoms with van der Waals surface area (Å²) in [7, 11) is 4.02. The van der Waals surface area contributed by atoms with Crippen molar-refractivity contribution in [2.24, 2.45) is 0 Å². The molecule has 2 unspecified atom stereocenters. The van der Waals surface area contributed by atoms with Crippen LogP contribution in [-0.4, -0.2) is 59.4 Å². The van der Waals surface area contributed by atoms with Gasteiger partial charge in [-0.25, -0.2) is 4.98 Å². The van der Waals surface area contributed by atoms with E-state index in [2.05, 4.69) is 14.8 Å². The number of β-amino-alcohol motifs (C(OH)–C–C–N with tert-alkyl or cyclic N) is 1. The second-order valence-electron chi connectivity index (χ2n) is 4.83. The van der Waals surface area contributed by atoms with Gasteiger partial charge in [-0.1, -0.05) is 22.9 Å². The lowest BCUT2D eigenvalue weighted by Gasteiger charge is -2.26. The zero-order valence-electron chi connectivity index (χ0n) is 10.5. The van der Waals surface area contributed by atoms with Crippen LogP contribution in [0.3, 0.4) is 0 Å². The molecule has 1 aromatic rings. The topological polar surface area (TPSA) is 59.8 Å². The van der Waals surface area contributed by atoms with E-state index in [0.29, 0.717) is 16.6 Å². The highest BCUT2D eigenvalue weighted by molar-refractivity contribution is 7.16. The molecule has 7 heteroatoms. The van der Waals surface area contributed by atoms with Gasteiger partial charge in [0.15, 0.2) is 5.13 Å². The van der Waals surface area contributed by atoms with Crippen molar-refractivity contribution in [2.45, 2.75) is 25.2 Å². The Balaban J connectivity index is 2.18. The molecule has 0 amide bonds. The maximum atomic E-state index is 9.81. The number of aliphatic hydroxyl groups is 2. The Kier molecular flexibility index (Phi) is 4.45. The van der Waals surface area contributed by atoms with Crippen molar-refractivity contribution in [1.82, 2.24) is 9.88 Å². The third kappa shape index (κ3) is 2.95. The summed E-state index contributed by atoms with van der Waals surface area (Å²) in [5.41, 5.74) is 0. The van der Waals surface area contributed by atoms with Gasteiger partial charge in [-0.2, -0.15) is 0 Å². The van der Waals surface area contributed by atoms with Crippen molar-refractivity contribution in [3.63, 3.8) is 0 Å². The Morgan fingerprint density at radius 2 is 2.28 bits per heavy atom. The number of aliphatic hydroxyl groups excluding tert-OH is 2. The molecule has 1 aliphatic heterocycles. The van der Waals surface area contributed by atoms with E-state index in [4.69, 9.17) is 16.7 Å². The minimum atomic E-state index is -0.324. The fourth-order valence-electron chi connectivity index (χ4n) is 2.26. The van der Waals surface area contributed by atoms with Gasteiger partial charge in [0.1, 0.15) is 5.15 Å². The van der Waals surface area contributed by atoms with Crippen LogP contribution in [0.5, 0.6) is 0 Å². The highest BCUT2D eigenvalue weighted by Crippen LogP contribution is 2.34. The lowest BCUT2D eigenvalue weighted by atomic mass is 10.2. The molecule has 0 radical (unpaired) electrons. The average molecular weight is 292 g/mol. The lowest BCUT2D eigenvalue weighted by Crippen LogP contribution is -2.37. The molecule has 18 heavy (non-hydrogen) atoms. The molecular weight excluding hydrogens is 274 g/mol. The number of anilines is 1. The molecule has 2 heterocycles. The Labute approximate surface area is 116 Å². The predicted molar refractivity (Wildman–Crippen MR) is 73.4 cm³/mol. The van der Waals surface area contributed by atoms with E-state index in [1.807, 2.05) is 14.1 Å². The molecule has 2 N–H and O–H groups in total. The Morgan fingerprint density at radius 3 is 2.83 bits per heavy atom. The fourth-order valence-corrected chi connectivity index (χ4v) is 3.46. The highest BCUT2D eigenvalue weighted by Gasteiger charge is 2.33. The van der Waals surface area contributed by atoms with E-state index in [-0.39, 0.29) is 18.8 Å². The molecule has 0 bridgehead atoms. The minimum Gasteiger partial charge on any atom is -0.391 e. The Hall–Kier alpha value is -0.400. The maximum Gasteiger partial charge on any atom is 0.187 e. The second-order valence-corrected chi connectivity index (χ2v) is 6.25. The minimum absolute atomic E-state index is 0.0920. The Bertz CT molecular complexity index is 413. The second kappa shape index (κ2) is 5.71. The number of halogens is 1. The van der Waals surface area contributed by atoms with Gasteiger partial charge in [0.05, 0.1) is 17.6 Å². The molecule has 102 valence electrons. The number of thiazole rings is 1. The van der Waals surface area contributed by atoms with Gasteiger partial charge in [0, 0.05) is 19.1 Å². The normalized spacial score (nSPS) is 24.2. The van der Waals surface area contributed by atoms with Crippen LogP contribution in [0.1, 0.15) is 11.3 Å². The van der Waals surface area contributed by atoms with Crippen LogP contribution >= 0.6 is 22.9 Å². The largest absolute Gasteiger partial charge is 0.391 e. The quantitative estimate of drug-likeness (QED) is 0.859. The first-order valence-electron chi connectivity index (χ1n) is 5.86. The van der Waals surface area contributed by atoms with Crippen molar-refractivity contribution in [2.75, 3.05) is 32.1 Å². The van der Waals surface area contributed by atoms with Gasteiger partial charge < -0.3 is 20.0 Å². The van der Waals surface area contributed by atoms with E-state index >= 15 is 0 Å². The molecule has 2 atom stereocenters. The molecule has 0 saturated carbocycles. The summed E-state index contributed by atoms with van der Waals surface area (Å²) in [6.07, 6.45) is 0.416. The number of nitrogens with zero attached hydrogens (tertiary/aromatic N) is 3. The third-order valence-corrected chi connectivity index (χ3v) is 4.50. The lowest BCUT2D eigenvalue weighted by molar-refractivity contribution is 0.191. The first-order valence-corrected chi connectivity index (χ1v) is 7.06. The summed E-state index contributed by atoms with van der Waals surface area (Å²) in [6.45, 7) is 1.35. The number of hydrogen-bond acceptors (Lipinski definition) is 6. The number of hydrogen-bond donors (Lipinski definition) is 2. The van der Waals surface area contributed by atoms with Crippen LogP contribution in [0.2, 0.25) is 5.15 Å². The van der Waals surface area contributed by atoms with Crippen LogP contribution in [0.15, 0.2) is 0 Å². The monoisotopic (exact) mass is 291 g/mol. The summed E-state index contributed by atoms with van der Waals surface area (Å²) in [5, 5.41) is 20.1. The van der Waals surface area contributed by atoms with E-state index in [9.17, 15) is 5.11 Å². The van der Waals surface area contributed by atoms with Crippen molar-refractivity contribution >= 4 is 28.1 Å². The SMILES string of the molecule is CN(C)CC1CC(O)CN1c1nc(Cl)c(CO)s1. The van der Waals surface area contributed by atoms with Gasteiger partial charge in [-0.05, 0) is 20.5 Å².